The first-order chi connectivity index (χ1) is 10.5. The average Bonchev–Trinajstić information content (AvgIpc) is 2.95. The third-order valence-electron chi connectivity index (χ3n) is 4.27. The number of sulfonamides is 1. The predicted octanol–water partition coefficient (Wildman–Crippen LogP) is 2.11. The summed E-state index contributed by atoms with van der Waals surface area (Å²) in [7, 11) is 1.77. The van der Waals surface area contributed by atoms with E-state index < -0.39 is 10.0 Å². The zero-order valence-corrected chi connectivity index (χ0v) is 14.5. The molecule has 22 heavy (non-hydrogen) atoms. The third-order valence-corrected chi connectivity index (χ3v) is 6.18. The van der Waals surface area contributed by atoms with Crippen LogP contribution in [0.15, 0.2) is 24.3 Å². The summed E-state index contributed by atoms with van der Waals surface area (Å²) in [6, 6.07) is 8.44. The fraction of sp³-hybridized carbons (Fsp3) is 0.625. The Morgan fingerprint density at radius 3 is 2.73 bits per heavy atom. The van der Waals surface area contributed by atoms with Gasteiger partial charge in [-0.05, 0) is 38.4 Å². The molecule has 1 atom stereocenters. The lowest BCUT2D eigenvalue weighted by molar-refractivity contribution is 0.252. The summed E-state index contributed by atoms with van der Waals surface area (Å²) < 4.78 is 30.5. The highest BCUT2D eigenvalue weighted by Crippen LogP contribution is 2.36. The Hall–Kier alpha value is -1.11. The van der Waals surface area contributed by atoms with Crippen LogP contribution in [0.5, 0.6) is 5.75 Å². The molecule has 0 bridgehead atoms. The van der Waals surface area contributed by atoms with Gasteiger partial charge < -0.3 is 4.74 Å². The molecule has 2 rings (SSSR count). The average molecular weight is 326 g/mol. The van der Waals surface area contributed by atoms with E-state index in [1.54, 1.807) is 21.2 Å². The lowest BCUT2D eigenvalue weighted by atomic mass is 10.0. The minimum absolute atomic E-state index is 0.204. The molecule has 1 aromatic carbocycles. The van der Waals surface area contributed by atoms with Crippen molar-refractivity contribution in [2.45, 2.75) is 25.3 Å². The Balaban J connectivity index is 2.00. The number of methoxy groups -OCH3 is 1. The zero-order valence-electron chi connectivity index (χ0n) is 13.7. The number of benzene rings is 1. The van der Waals surface area contributed by atoms with E-state index in [4.69, 9.17) is 4.74 Å². The van der Waals surface area contributed by atoms with Crippen molar-refractivity contribution in [2.24, 2.45) is 0 Å². The number of nitrogens with zero attached hydrogens (tertiary/aromatic N) is 2. The summed E-state index contributed by atoms with van der Waals surface area (Å²) in [5.41, 5.74) is 1.21. The van der Waals surface area contributed by atoms with Crippen LogP contribution in [-0.4, -0.2) is 57.7 Å². The molecule has 124 valence electrons. The Morgan fingerprint density at radius 2 is 2.05 bits per heavy atom. The van der Waals surface area contributed by atoms with E-state index in [2.05, 4.69) is 11.0 Å². The maximum absolute atomic E-state index is 11.8. The van der Waals surface area contributed by atoms with Crippen LogP contribution in [0.1, 0.15) is 30.9 Å². The van der Waals surface area contributed by atoms with E-state index in [-0.39, 0.29) is 5.75 Å². The zero-order chi connectivity index (χ0) is 16.2. The van der Waals surface area contributed by atoms with Gasteiger partial charge in [-0.2, -0.15) is 0 Å². The fourth-order valence-corrected chi connectivity index (χ4v) is 3.88. The standard InChI is InChI=1S/C16H26N2O3S/c1-17(2)22(19,20)13-7-12-18-11-6-9-15(18)14-8-4-5-10-16(14)21-3/h4-5,8,10,15H,6-7,9,11-13H2,1-3H3. The highest BCUT2D eigenvalue weighted by atomic mass is 32.2. The van der Waals surface area contributed by atoms with E-state index in [1.807, 2.05) is 18.2 Å². The number of likely N-dealkylation sites (tertiary alicyclic amines) is 1. The van der Waals surface area contributed by atoms with Crippen molar-refractivity contribution < 1.29 is 13.2 Å². The highest BCUT2D eigenvalue weighted by Gasteiger charge is 2.28. The maximum Gasteiger partial charge on any atom is 0.213 e. The predicted molar refractivity (Wildman–Crippen MR) is 88.6 cm³/mol. The quantitative estimate of drug-likeness (QED) is 0.770. The first-order valence-corrected chi connectivity index (χ1v) is 9.34. The SMILES string of the molecule is COc1ccccc1C1CCCN1CCCS(=O)(=O)N(C)C. The summed E-state index contributed by atoms with van der Waals surface area (Å²) in [6.07, 6.45) is 2.90. The molecule has 0 aromatic heterocycles. The Labute approximate surface area is 133 Å². The molecule has 5 nitrogen and oxygen atoms in total. The van der Waals surface area contributed by atoms with Crippen molar-refractivity contribution in [3.63, 3.8) is 0 Å². The lowest BCUT2D eigenvalue weighted by Gasteiger charge is -2.26. The summed E-state index contributed by atoms with van der Waals surface area (Å²) in [5, 5.41) is 0. The highest BCUT2D eigenvalue weighted by molar-refractivity contribution is 7.89. The molecule has 0 spiro atoms. The molecule has 1 heterocycles. The van der Waals surface area contributed by atoms with Gasteiger partial charge in [0.25, 0.3) is 0 Å². The van der Waals surface area contributed by atoms with Crippen LogP contribution in [0.4, 0.5) is 0 Å². The molecule has 1 unspecified atom stereocenters. The van der Waals surface area contributed by atoms with Gasteiger partial charge >= 0.3 is 0 Å². The monoisotopic (exact) mass is 326 g/mol. The number of hydrogen-bond donors (Lipinski definition) is 0. The van der Waals surface area contributed by atoms with Crippen molar-refractivity contribution >= 4 is 10.0 Å². The minimum atomic E-state index is -3.10. The largest absolute Gasteiger partial charge is 0.496 e. The summed E-state index contributed by atoms with van der Waals surface area (Å²) in [6.45, 7) is 1.82. The van der Waals surface area contributed by atoms with Crippen LogP contribution in [0.3, 0.4) is 0 Å². The second kappa shape index (κ2) is 7.44. The molecule has 6 heteroatoms. The molecule has 0 aliphatic carbocycles. The van der Waals surface area contributed by atoms with E-state index in [0.717, 1.165) is 31.7 Å². The van der Waals surface area contributed by atoms with Gasteiger partial charge in [-0.25, -0.2) is 12.7 Å². The van der Waals surface area contributed by atoms with Crippen LogP contribution >= 0.6 is 0 Å². The van der Waals surface area contributed by atoms with Crippen molar-refractivity contribution in [1.82, 2.24) is 9.21 Å². The van der Waals surface area contributed by atoms with Crippen LogP contribution in [0.25, 0.3) is 0 Å². The number of ether oxygens (including phenoxy) is 1. The normalized spacial score (nSPS) is 19.7. The second-order valence-electron chi connectivity index (χ2n) is 5.89. The first-order valence-electron chi connectivity index (χ1n) is 7.73. The number of para-hydroxylation sites is 1. The van der Waals surface area contributed by atoms with Gasteiger partial charge in [-0.3, -0.25) is 4.90 Å². The molecule has 1 fully saturated rings. The summed E-state index contributed by atoms with van der Waals surface area (Å²) in [4.78, 5) is 2.38. The molecule has 1 saturated heterocycles. The minimum Gasteiger partial charge on any atom is -0.496 e. The number of hydrogen-bond acceptors (Lipinski definition) is 4. The maximum atomic E-state index is 11.8. The Bertz CT molecular complexity index is 587. The van der Waals surface area contributed by atoms with E-state index in [9.17, 15) is 8.42 Å². The molecule has 0 saturated carbocycles. The van der Waals surface area contributed by atoms with Gasteiger partial charge in [0, 0.05) is 25.7 Å². The fourth-order valence-electron chi connectivity index (χ4n) is 3.02. The van der Waals surface area contributed by atoms with Crippen molar-refractivity contribution in [3.8, 4) is 5.75 Å². The van der Waals surface area contributed by atoms with Crippen LogP contribution in [0, 0.1) is 0 Å². The van der Waals surface area contributed by atoms with Gasteiger partial charge in [-0.15, -0.1) is 0 Å². The van der Waals surface area contributed by atoms with E-state index in [1.165, 1.54) is 9.87 Å². The Morgan fingerprint density at radius 1 is 1.32 bits per heavy atom. The second-order valence-corrected chi connectivity index (χ2v) is 8.19. The molecule has 0 amide bonds. The number of rotatable bonds is 7. The Kier molecular flexibility index (Phi) is 5.83. The molecular formula is C16H26N2O3S. The molecule has 1 aromatic rings. The molecule has 1 aliphatic rings. The summed E-state index contributed by atoms with van der Waals surface area (Å²) in [5.74, 6) is 1.12. The van der Waals surface area contributed by atoms with E-state index >= 15 is 0 Å². The topological polar surface area (TPSA) is 49.9 Å². The summed E-state index contributed by atoms with van der Waals surface area (Å²) >= 11 is 0. The van der Waals surface area contributed by atoms with Gasteiger partial charge in [0.2, 0.25) is 10.0 Å². The first kappa shape index (κ1) is 17.2. The van der Waals surface area contributed by atoms with Gasteiger partial charge in [0.05, 0.1) is 12.9 Å². The van der Waals surface area contributed by atoms with Crippen LogP contribution < -0.4 is 4.74 Å². The van der Waals surface area contributed by atoms with E-state index in [0.29, 0.717) is 12.5 Å². The molecule has 0 radical (unpaired) electrons. The molecule has 0 N–H and O–H groups in total. The van der Waals surface area contributed by atoms with Crippen LogP contribution in [-0.2, 0) is 10.0 Å². The van der Waals surface area contributed by atoms with Gasteiger partial charge in [0.15, 0.2) is 0 Å². The molecular weight excluding hydrogens is 300 g/mol. The van der Waals surface area contributed by atoms with Gasteiger partial charge in [-0.1, -0.05) is 18.2 Å². The smallest absolute Gasteiger partial charge is 0.213 e. The van der Waals surface area contributed by atoms with Crippen LogP contribution in [0.2, 0.25) is 0 Å². The molecule has 1 aliphatic heterocycles. The van der Waals surface area contributed by atoms with Crippen molar-refractivity contribution in [1.29, 1.82) is 0 Å². The lowest BCUT2D eigenvalue weighted by Crippen LogP contribution is -2.29. The van der Waals surface area contributed by atoms with Crippen molar-refractivity contribution in [3.05, 3.63) is 29.8 Å². The van der Waals surface area contributed by atoms with Crippen molar-refractivity contribution in [2.75, 3.05) is 40.0 Å². The van der Waals surface area contributed by atoms with Gasteiger partial charge in [0.1, 0.15) is 5.75 Å². The third kappa shape index (κ3) is 4.00.